The van der Waals surface area contributed by atoms with Crippen molar-refractivity contribution in [3.8, 4) is 5.75 Å². The van der Waals surface area contributed by atoms with Crippen LogP contribution in [0.2, 0.25) is 0 Å². The first kappa shape index (κ1) is 20.6. The van der Waals surface area contributed by atoms with E-state index in [0.717, 1.165) is 17.0 Å². The summed E-state index contributed by atoms with van der Waals surface area (Å²) in [6.07, 6.45) is -4.72. The largest absolute Gasteiger partial charge is 0.573 e. The van der Waals surface area contributed by atoms with Crippen LogP contribution in [-0.2, 0) is 17.8 Å². The van der Waals surface area contributed by atoms with E-state index in [1.54, 1.807) is 7.11 Å². The lowest BCUT2D eigenvalue weighted by Gasteiger charge is -2.10. The van der Waals surface area contributed by atoms with Gasteiger partial charge in [-0.3, -0.25) is 4.68 Å². The van der Waals surface area contributed by atoms with Crippen molar-refractivity contribution in [2.75, 3.05) is 19.0 Å². The highest BCUT2D eigenvalue weighted by Gasteiger charge is 2.30. The quantitative estimate of drug-likeness (QED) is 0.565. The summed E-state index contributed by atoms with van der Waals surface area (Å²) in [7, 11) is 1.63. The Morgan fingerprint density at radius 3 is 2.52 bits per heavy atom. The van der Waals surface area contributed by atoms with Gasteiger partial charge in [-0.05, 0) is 38.1 Å². The Balaban J connectivity index is 1.99. The minimum Gasteiger partial charge on any atom is -0.406 e. The van der Waals surface area contributed by atoms with Gasteiger partial charge in [-0.15, -0.1) is 13.2 Å². The summed E-state index contributed by atoms with van der Waals surface area (Å²) in [6.45, 7) is 5.38. The first-order valence-corrected chi connectivity index (χ1v) is 8.14. The summed E-state index contributed by atoms with van der Waals surface area (Å²) in [4.78, 5) is 4.27. The molecule has 10 heteroatoms. The van der Waals surface area contributed by atoms with Crippen LogP contribution in [0.5, 0.6) is 5.75 Å². The van der Waals surface area contributed by atoms with Crippen LogP contribution in [0, 0.1) is 13.8 Å². The molecule has 0 saturated heterocycles. The smallest absolute Gasteiger partial charge is 0.406 e. The molecule has 3 N–H and O–H groups in total. The lowest BCUT2D eigenvalue weighted by molar-refractivity contribution is -0.274. The summed E-state index contributed by atoms with van der Waals surface area (Å²) >= 11 is 0. The number of hydrogen-bond acceptors (Lipinski definition) is 4. The molecule has 0 saturated carbocycles. The Kier molecular flexibility index (Phi) is 6.67. The minimum absolute atomic E-state index is 0.142. The maximum atomic E-state index is 12.2. The molecule has 0 aliphatic rings. The maximum Gasteiger partial charge on any atom is 0.573 e. The molecule has 0 aliphatic heterocycles. The van der Waals surface area contributed by atoms with Crippen molar-refractivity contribution >= 4 is 11.6 Å². The molecule has 0 bridgehead atoms. The lowest BCUT2D eigenvalue weighted by Crippen LogP contribution is -2.22. The number of halogens is 3. The van der Waals surface area contributed by atoms with Crippen LogP contribution >= 0.6 is 0 Å². The zero-order valence-electron chi connectivity index (χ0n) is 15.3. The molecule has 7 nitrogen and oxygen atoms in total. The van der Waals surface area contributed by atoms with Gasteiger partial charge in [0.25, 0.3) is 0 Å². The van der Waals surface area contributed by atoms with E-state index in [2.05, 4.69) is 20.1 Å². The van der Waals surface area contributed by atoms with Gasteiger partial charge in [-0.1, -0.05) is 0 Å². The van der Waals surface area contributed by atoms with Gasteiger partial charge in [0.2, 0.25) is 0 Å². The monoisotopic (exact) mass is 385 g/mol. The van der Waals surface area contributed by atoms with Crippen LogP contribution in [0.1, 0.15) is 17.0 Å². The van der Waals surface area contributed by atoms with E-state index in [0.29, 0.717) is 25.4 Å². The normalized spacial score (nSPS) is 12.3. The molecule has 2 aromatic rings. The van der Waals surface area contributed by atoms with Gasteiger partial charge in [0.15, 0.2) is 5.96 Å². The predicted octanol–water partition coefficient (Wildman–Crippen LogP) is 2.97. The van der Waals surface area contributed by atoms with Gasteiger partial charge in [0, 0.05) is 24.1 Å². The van der Waals surface area contributed by atoms with Gasteiger partial charge in [-0.2, -0.15) is 5.10 Å². The number of methoxy groups -OCH3 is 1. The fourth-order valence-electron chi connectivity index (χ4n) is 2.45. The van der Waals surface area contributed by atoms with Crippen molar-refractivity contribution in [1.29, 1.82) is 0 Å². The Morgan fingerprint density at radius 1 is 1.26 bits per heavy atom. The number of nitrogens with one attached hydrogen (secondary N) is 1. The lowest BCUT2D eigenvalue weighted by atomic mass is 10.2. The Labute approximate surface area is 155 Å². The standard InChI is InChI=1S/C17H22F3N5O2/c1-11-15(12(2)25(24-11)8-9-26-3)10-22-16(21)23-13-4-6-14(7-5-13)27-17(18,19)20/h4-7H,8-10H2,1-3H3,(H3,21,22,23). The van der Waals surface area contributed by atoms with E-state index < -0.39 is 6.36 Å². The van der Waals surface area contributed by atoms with Crippen LogP contribution < -0.4 is 15.8 Å². The second-order valence-corrected chi connectivity index (χ2v) is 5.76. The van der Waals surface area contributed by atoms with E-state index in [-0.39, 0.29) is 11.7 Å². The Morgan fingerprint density at radius 2 is 1.93 bits per heavy atom. The third kappa shape index (κ3) is 6.17. The number of nitrogens with two attached hydrogens (primary N) is 1. The SMILES string of the molecule is COCCn1nc(C)c(CN=C(N)Nc2ccc(OC(F)(F)F)cc2)c1C. The van der Waals surface area contributed by atoms with Crippen molar-refractivity contribution in [1.82, 2.24) is 9.78 Å². The van der Waals surface area contributed by atoms with Crippen molar-refractivity contribution in [2.45, 2.75) is 33.3 Å². The molecular formula is C17H22F3N5O2. The molecule has 0 atom stereocenters. The van der Waals surface area contributed by atoms with Crippen molar-refractivity contribution in [2.24, 2.45) is 10.7 Å². The molecule has 0 amide bonds. The summed E-state index contributed by atoms with van der Waals surface area (Å²) in [5, 5.41) is 7.27. The van der Waals surface area contributed by atoms with Gasteiger partial charge < -0.3 is 20.5 Å². The average molecular weight is 385 g/mol. The van der Waals surface area contributed by atoms with Crippen LogP contribution in [0.25, 0.3) is 0 Å². The van der Waals surface area contributed by atoms with Gasteiger partial charge in [0.05, 0.1) is 25.4 Å². The number of ether oxygens (including phenoxy) is 2. The topological polar surface area (TPSA) is 86.7 Å². The number of aryl methyl sites for hydroxylation is 1. The van der Waals surface area contributed by atoms with E-state index >= 15 is 0 Å². The molecule has 0 spiro atoms. The Hall–Kier alpha value is -2.75. The highest BCUT2D eigenvalue weighted by molar-refractivity contribution is 5.92. The van der Waals surface area contributed by atoms with Gasteiger partial charge in [0.1, 0.15) is 5.75 Å². The number of rotatable bonds is 7. The molecule has 1 heterocycles. The minimum atomic E-state index is -4.72. The molecular weight excluding hydrogens is 363 g/mol. The summed E-state index contributed by atoms with van der Waals surface area (Å²) in [5.74, 6) is -0.166. The van der Waals surface area contributed by atoms with Gasteiger partial charge in [-0.25, -0.2) is 4.99 Å². The Bertz CT molecular complexity index is 785. The highest BCUT2D eigenvalue weighted by atomic mass is 19.4. The third-order valence-corrected chi connectivity index (χ3v) is 3.81. The van der Waals surface area contributed by atoms with E-state index in [1.807, 2.05) is 18.5 Å². The van der Waals surface area contributed by atoms with E-state index in [4.69, 9.17) is 10.5 Å². The molecule has 148 valence electrons. The molecule has 0 unspecified atom stereocenters. The van der Waals surface area contributed by atoms with E-state index in [1.165, 1.54) is 24.3 Å². The molecule has 27 heavy (non-hydrogen) atoms. The number of aliphatic imine (C=N–C) groups is 1. The van der Waals surface area contributed by atoms with Crippen molar-refractivity contribution < 1.29 is 22.6 Å². The predicted molar refractivity (Wildman–Crippen MR) is 95.7 cm³/mol. The molecule has 0 fully saturated rings. The summed E-state index contributed by atoms with van der Waals surface area (Å²) < 4.78 is 47.2. The number of hydrogen-bond donors (Lipinski definition) is 2. The third-order valence-electron chi connectivity index (χ3n) is 3.81. The van der Waals surface area contributed by atoms with Crippen LogP contribution in [0.15, 0.2) is 29.3 Å². The second-order valence-electron chi connectivity index (χ2n) is 5.76. The fraction of sp³-hybridized carbons (Fsp3) is 0.412. The maximum absolute atomic E-state index is 12.2. The van der Waals surface area contributed by atoms with Crippen LogP contribution in [0.4, 0.5) is 18.9 Å². The van der Waals surface area contributed by atoms with E-state index in [9.17, 15) is 13.2 Å². The number of nitrogens with zero attached hydrogens (tertiary/aromatic N) is 3. The highest BCUT2D eigenvalue weighted by Crippen LogP contribution is 2.24. The van der Waals surface area contributed by atoms with Crippen LogP contribution in [-0.4, -0.2) is 35.8 Å². The molecule has 0 aliphatic carbocycles. The average Bonchev–Trinajstić information content (AvgIpc) is 2.85. The molecule has 1 aromatic heterocycles. The molecule has 0 radical (unpaired) electrons. The zero-order valence-corrected chi connectivity index (χ0v) is 15.3. The number of anilines is 1. The summed E-state index contributed by atoms with van der Waals surface area (Å²) in [5.41, 5.74) is 9.16. The van der Waals surface area contributed by atoms with Crippen molar-refractivity contribution in [3.63, 3.8) is 0 Å². The van der Waals surface area contributed by atoms with Crippen molar-refractivity contribution in [3.05, 3.63) is 41.2 Å². The number of alkyl halides is 3. The number of guanidine groups is 1. The molecule has 1 aromatic carbocycles. The van der Waals surface area contributed by atoms with Gasteiger partial charge >= 0.3 is 6.36 Å². The molecule has 2 rings (SSSR count). The second kappa shape index (κ2) is 8.76. The number of benzene rings is 1. The number of aromatic nitrogens is 2. The van der Waals surface area contributed by atoms with Crippen LogP contribution in [0.3, 0.4) is 0 Å². The fourth-order valence-corrected chi connectivity index (χ4v) is 2.45. The summed E-state index contributed by atoms with van der Waals surface area (Å²) in [6, 6.07) is 5.22. The first-order valence-electron chi connectivity index (χ1n) is 8.14. The zero-order chi connectivity index (χ0) is 20.0. The first-order chi connectivity index (χ1) is 12.7.